The molecule has 4 heteroatoms. The standard InChI is InChI=1S/C14H26N2O2/c1-5-6-12-7-13(15-11(4)17)9-16(8-12)14(18)10(2)3/h10,12-13H,5-9H2,1-4H3,(H,15,17). The van der Waals surface area contributed by atoms with Gasteiger partial charge in [0.05, 0.1) is 0 Å². The summed E-state index contributed by atoms with van der Waals surface area (Å²) in [6, 6.07) is 0.121. The number of hydrogen-bond acceptors (Lipinski definition) is 2. The SMILES string of the molecule is CCCC1CC(NC(C)=O)CN(C(=O)C(C)C)C1. The van der Waals surface area contributed by atoms with E-state index in [4.69, 9.17) is 0 Å². The van der Waals surface area contributed by atoms with Crippen LogP contribution >= 0.6 is 0 Å². The molecule has 1 aliphatic rings. The predicted octanol–water partition coefficient (Wildman–Crippen LogP) is 1.80. The van der Waals surface area contributed by atoms with Crippen LogP contribution in [0.3, 0.4) is 0 Å². The maximum Gasteiger partial charge on any atom is 0.225 e. The summed E-state index contributed by atoms with van der Waals surface area (Å²) < 4.78 is 0. The van der Waals surface area contributed by atoms with Crippen molar-refractivity contribution in [2.45, 2.75) is 53.0 Å². The van der Waals surface area contributed by atoms with Gasteiger partial charge in [0.25, 0.3) is 0 Å². The minimum atomic E-state index is -0.00547. The molecule has 0 aliphatic carbocycles. The Balaban J connectivity index is 2.67. The van der Waals surface area contributed by atoms with Crippen molar-refractivity contribution in [3.05, 3.63) is 0 Å². The summed E-state index contributed by atoms with van der Waals surface area (Å²) >= 11 is 0. The number of nitrogens with one attached hydrogen (secondary N) is 1. The molecule has 1 rings (SSSR count). The molecule has 0 spiro atoms. The van der Waals surface area contributed by atoms with E-state index in [1.54, 1.807) is 0 Å². The maximum atomic E-state index is 12.1. The van der Waals surface area contributed by atoms with Gasteiger partial charge in [-0.1, -0.05) is 27.2 Å². The minimum absolute atomic E-state index is 0.00547. The van der Waals surface area contributed by atoms with Gasteiger partial charge in [-0.2, -0.15) is 0 Å². The van der Waals surface area contributed by atoms with E-state index in [0.29, 0.717) is 12.5 Å². The van der Waals surface area contributed by atoms with Gasteiger partial charge in [-0.25, -0.2) is 0 Å². The highest BCUT2D eigenvalue weighted by atomic mass is 16.2. The molecule has 1 N–H and O–H groups in total. The lowest BCUT2D eigenvalue weighted by Crippen LogP contribution is -2.53. The van der Waals surface area contributed by atoms with Crippen molar-refractivity contribution in [1.29, 1.82) is 0 Å². The molecule has 0 saturated carbocycles. The molecule has 104 valence electrons. The van der Waals surface area contributed by atoms with E-state index < -0.39 is 0 Å². The van der Waals surface area contributed by atoms with Crippen LogP contribution in [-0.2, 0) is 9.59 Å². The number of likely N-dealkylation sites (tertiary alicyclic amines) is 1. The van der Waals surface area contributed by atoms with Gasteiger partial charge in [-0.15, -0.1) is 0 Å². The topological polar surface area (TPSA) is 49.4 Å². The van der Waals surface area contributed by atoms with Crippen LogP contribution in [-0.4, -0.2) is 35.8 Å². The molecule has 2 unspecified atom stereocenters. The van der Waals surface area contributed by atoms with Crippen LogP contribution in [0.2, 0.25) is 0 Å². The number of amides is 2. The van der Waals surface area contributed by atoms with Crippen molar-refractivity contribution in [2.24, 2.45) is 11.8 Å². The number of carbonyl (C=O) groups is 2. The summed E-state index contributed by atoms with van der Waals surface area (Å²) in [7, 11) is 0. The maximum absolute atomic E-state index is 12.1. The van der Waals surface area contributed by atoms with Gasteiger partial charge < -0.3 is 10.2 Å². The number of rotatable bonds is 4. The molecule has 18 heavy (non-hydrogen) atoms. The van der Waals surface area contributed by atoms with Crippen molar-refractivity contribution in [2.75, 3.05) is 13.1 Å². The van der Waals surface area contributed by atoms with Gasteiger partial charge in [0.15, 0.2) is 0 Å². The summed E-state index contributed by atoms with van der Waals surface area (Å²) in [6.07, 6.45) is 3.24. The molecule has 0 aromatic carbocycles. The van der Waals surface area contributed by atoms with E-state index in [0.717, 1.165) is 25.8 Å². The van der Waals surface area contributed by atoms with E-state index in [2.05, 4.69) is 12.2 Å². The third-order valence-corrected chi connectivity index (χ3v) is 3.45. The van der Waals surface area contributed by atoms with Crippen LogP contribution in [0, 0.1) is 11.8 Å². The third kappa shape index (κ3) is 4.31. The first-order valence-corrected chi connectivity index (χ1v) is 6.99. The van der Waals surface area contributed by atoms with Crippen LogP contribution in [0.15, 0.2) is 0 Å². The van der Waals surface area contributed by atoms with E-state index in [1.165, 1.54) is 6.92 Å². The first-order chi connectivity index (χ1) is 8.43. The lowest BCUT2D eigenvalue weighted by molar-refractivity contribution is -0.137. The Morgan fingerprint density at radius 2 is 2.00 bits per heavy atom. The number of hydrogen-bond donors (Lipinski definition) is 1. The van der Waals surface area contributed by atoms with E-state index in [1.807, 2.05) is 18.7 Å². The van der Waals surface area contributed by atoms with Gasteiger partial charge in [-0.05, 0) is 18.8 Å². The van der Waals surface area contributed by atoms with E-state index in [-0.39, 0.29) is 23.8 Å². The highest BCUT2D eigenvalue weighted by molar-refractivity contribution is 5.78. The Labute approximate surface area is 110 Å². The number of nitrogens with zero attached hydrogens (tertiary/aromatic N) is 1. The summed E-state index contributed by atoms with van der Waals surface area (Å²) in [5.74, 6) is 0.743. The molecule has 2 amide bonds. The summed E-state index contributed by atoms with van der Waals surface area (Å²) in [5, 5.41) is 2.96. The van der Waals surface area contributed by atoms with Crippen molar-refractivity contribution in [3.8, 4) is 0 Å². The fourth-order valence-electron chi connectivity index (χ4n) is 2.76. The average Bonchev–Trinajstić information content (AvgIpc) is 2.27. The van der Waals surface area contributed by atoms with Crippen LogP contribution in [0.1, 0.15) is 47.0 Å². The molecular weight excluding hydrogens is 228 g/mol. The summed E-state index contributed by atoms with van der Waals surface area (Å²) in [6.45, 7) is 9.07. The highest BCUT2D eigenvalue weighted by Gasteiger charge is 2.30. The quantitative estimate of drug-likeness (QED) is 0.831. The zero-order valence-corrected chi connectivity index (χ0v) is 12.0. The Morgan fingerprint density at radius 3 is 2.50 bits per heavy atom. The van der Waals surface area contributed by atoms with Gasteiger partial charge >= 0.3 is 0 Å². The Hall–Kier alpha value is -1.06. The molecular formula is C14H26N2O2. The summed E-state index contributed by atoms with van der Waals surface area (Å²) in [4.78, 5) is 25.2. The predicted molar refractivity (Wildman–Crippen MR) is 72.0 cm³/mol. The highest BCUT2D eigenvalue weighted by Crippen LogP contribution is 2.22. The molecule has 0 bridgehead atoms. The zero-order chi connectivity index (χ0) is 13.7. The van der Waals surface area contributed by atoms with Gasteiger partial charge in [0.1, 0.15) is 0 Å². The molecule has 0 aromatic heterocycles. The molecule has 1 heterocycles. The second-order valence-electron chi connectivity index (χ2n) is 5.69. The average molecular weight is 254 g/mol. The largest absolute Gasteiger partial charge is 0.352 e. The molecule has 1 saturated heterocycles. The second kappa shape index (κ2) is 6.76. The van der Waals surface area contributed by atoms with E-state index in [9.17, 15) is 9.59 Å². The molecule has 4 nitrogen and oxygen atoms in total. The second-order valence-corrected chi connectivity index (χ2v) is 5.69. The number of piperidine rings is 1. The molecule has 0 aromatic rings. The van der Waals surface area contributed by atoms with Crippen LogP contribution in [0.4, 0.5) is 0 Å². The fourth-order valence-corrected chi connectivity index (χ4v) is 2.76. The molecule has 1 aliphatic heterocycles. The first kappa shape index (κ1) is 15.0. The zero-order valence-electron chi connectivity index (χ0n) is 12.0. The molecule has 2 atom stereocenters. The van der Waals surface area contributed by atoms with Gasteiger partial charge in [-0.3, -0.25) is 9.59 Å². The van der Waals surface area contributed by atoms with Crippen LogP contribution in [0.25, 0.3) is 0 Å². The lowest BCUT2D eigenvalue weighted by Gasteiger charge is -2.38. The van der Waals surface area contributed by atoms with E-state index >= 15 is 0 Å². The Bertz CT molecular complexity index is 302. The molecule has 0 radical (unpaired) electrons. The smallest absolute Gasteiger partial charge is 0.225 e. The first-order valence-electron chi connectivity index (χ1n) is 6.99. The normalized spacial score (nSPS) is 24.2. The number of carbonyl (C=O) groups excluding carboxylic acids is 2. The Morgan fingerprint density at radius 1 is 1.33 bits per heavy atom. The van der Waals surface area contributed by atoms with Gasteiger partial charge in [0.2, 0.25) is 11.8 Å². The summed E-state index contributed by atoms with van der Waals surface area (Å²) in [5.41, 5.74) is 0. The lowest BCUT2D eigenvalue weighted by atomic mass is 9.90. The third-order valence-electron chi connectivity index (χ3n) is 3.45. The van der Waals surface area contributed by atoms with Crippen molar-refractivity contribution in [1.82, 2.24) is 10.2 Å². The Kier molecular flexibility index (Phi) is 5.63. The monoisotopic (exact) mass is 254 g/mol. The molecule has 1 fully saturated rings. The van der Waals surface area contributed by atoms with Crippen LogP contribution < -0.4 is 5.32 Å². The van der Waals surface area contributed by atoms with Crippen molar-refractivity contribution >= 4 is 11.8 Å². The van der Waals surface area contributed by atoms with Gasteiger partial charge in [0, 0.05) is 32.0 Å². The van der Waals surface area contributed by atoms with Crippen LogP contribution in [0.5, 0.6) is 0 Å². The van der Waals surface area contributed by atoms with Crippen molar-refractivity contribution in [3.63, 3.8) is 0 Å². The van der Waals surface area contributed by atoms with Crippen molar-refractivity contribution < 1.29 is 9.59 Å². The minimum Gasteiger partial charge on any atom is -0.352 e. The fraction of sp³-hybridized carbons (Fsp3) is 0.857.